The number of thiazole rings is 1. The van der Waals surface area contributed by atoms with Crippen molar-refractivity contribution in [1.82, 2.24) is 19.7 Å². The molecule has 2 aromatic carbocycles. The second kappa shape index (κ2) is 12.8. The molecule has 2 fully saturated rings. The Kier molecular flexibility index (Phi) is 8.60. The third kappa shape index (κ3) is 5.73. The van der Waals surface area contributed by atoms with Crippen LogP contribution in [0.3, 0.4) is 0 Å². The predicted molar refractivity (Wildman–Crippen MR) is 174 cm³/mol. The summed E-state index contributed by atoms with van der Waals surface area (Å²) < 4.78 is 7.44. The summed E-state index contributed by atoms with van der Waals surface area (Å²) in [6, 6.07) is 9.61. The van der Waals surface area contributed by atoms with Gasteiger partial charge in [-0.15, -0.1) is 11.3 Å². The molecule has 13 heteroatoms. The number of rotatable bonds is 7. The summed E-state index contributed by atoms with van der Waals surface area (Å²) in [4.78, 5) is 76.0. The van der Waals surface area contributed by atoms with E-state index in [9.17, 15) is 29.1 Å². The minimum Gasteiger partial charge on any atom is -0.488 e. The second-order valence-electron chi connectivity index (χ2n) is 12.5. The van der Waals surface area contributed by atoms with Crippen molar-refractivity contribution in [3.05, 3.63) is 79.7 Å². The van der Waals surface area contributed by atoms with Crippen LogP contribution in [0.5, 0.6) is 5.75 Å². The highest BCUT2D eigenvalue weighted by Crippen LogP contribution is 2.44. The number of ether oxygens (including phenoxy) is 1. The lowest BCUT2D eigenvalue weighted by molar-refractivity contribution is -0.153. The molecule has 4 aliphatic rings. The van der Waals surface area contributed by atoms with Gasteiger partial charge >= 0.3 is 5.97 Å². The van der Waals surface area contributed by atoms with Crippen LogP contribution in [0, 0.1) is 11.8 Å². The number of aromatic nitrogens is 1. The van der Waals surface area contributed by atoms with Crippen molar-refractivity contribution in [2.75, 3.05) is 26.2 Å². The molecule has 4 heterocycles. The molecule has 7 rings (SSSR count). The number of hydrogen-bond acceptors (Lipinski definition) is 8. The maximum absolute atomic E-state index is 14.4. The zero-order chi connectivity index (χ0) is 32.8. The first-order chi connectivity index (χ1) is 22.7. The largest absolute Gasteiger partial charge is 0.488 e. The molecule has 0 radical (unpaired) electrons. The molecule has 1 aliphatic carbocycles. The molecule has 0 bridgehead atoms. The van der Waals surface area contributed by atoms with E-state index in [4.69, 9.17) is 4.74 Å². The molecule has 1 saturated heterocycles. The van der Waals surface area contributed by atoms with E-state index in [0.29, 0.717) is 72.6 Å². The number of benzene rings is 2. The lowest BCUT2D eigenvalue weighted by Gasteiger charge is -2.43. The fourth-order valence-corrected chi connectivity index (χ4v) is 8.65. The molecule has 3 aromatic rings. The first-order valence-electron chi connectivity index (χ1n) is 15.9. The fourth-order valence-electron chi connectivity index (χ4n) is 7.51. The van der Waals surface area contributed by atoms with Gasteiger partial charge in [0.1, 0.15) is 16.7 Å². The summed E-state index contributed by atoms with van der Waals surface area (Å²) >= 11 is 4.98. The van der Waals surface area contributed by atoms with Crippen molar-refractivity contribution < 1.29 is 33.8 Å². The third-order valence-electron chi connectivity index (χ3n) is 9.86. The number of likely N-dealkylation sites (tertiary alicyclic amines) is 1. The summed E-state index contributed by atoms with van der Waals surface area (Å²) in [5, 5.41) is 10.0. The van der Waals surface area contributed by atoms with Gasteiger partial charge in [-0.2, -0.15) is 0 Å². The van der Waals surface area contributed by atoms with Gasteiger partial charge in [0.25, 0.3) is 17.7 Å². The number of hydrogen-bond donors (Lipinski definition) is 1. The summed E-state index contributed by atoms with van der Waals surface area (Å²) in [6.07, 6.45) is 4.71. The van der Waals surface area contributed by atoms with E-state index in [0.717, 1.165) is 22.9 Å². The first kappa shape index (κ1) is 31.5. The number of carbonyl (C=O) groups excluding carboxylic acids is 4. The van der Waals surface area contributed by atoms with Crippen LogP contribution in [0.25, 0.3) is 0 Å². The van der Waals surface area contributed by atoms with E-state index < -0.39 is 35.7 Å². The lowest BCUT2D eigenvalue weighted by Crippen LogP contribution is -2.50. The SMILES string of the molecule is O=C(O)[C@H]1CCCC[C@H]1C(=O)N1CCc2c(Br)ccc(O[C@H]3CCN(C(=O)c4cncs4)C3)c2[C@H]1CN1C(=O)c2ccccc2C1=O. The summed E-state index contributed by atoms with van der Waals surface area (Å²) in [6.45, 7) is 1.07. The number of halogens is 1. The Bertz CT molecular complexity index is 1730. The van der Waals surface area contributed by atoms with Gasteiger partial charge in [0.2, 0.25) is 5.91 Å². The van der Waals surface area contributed by atoms with Gasteiger partial charge in [-0.05, 0) is 49.1 Å². The van der Waals surface area contributed by atoms with Crippen LogP contribution in [0.4, 0.5) is 0 Å². The summed E-state index contributed by atoms with van der Waals surface area (Å²) in [5.74, 6) is -3.22. The molecule has 3 aliphatic heterocycles. The zero-order valence-corrected chi connectivity index (χ0v) is 27.9. The Labute approximate surface area is 283 Å². The van der Waals surface area contributed by atoms with Crippen LogP contribution in [0.1, 0.15) is 79.7 Å². The highest BCUT2D eigenvalue weighted by molar-refractivity contribution is 9.10. The minimum absolute atomic E-state index is 0.0998. The zero-order valence-electron chi connectivity index (χ0n) is 25.5. The average Bonchev–Trinajstić information content (AvgIpc) is 3.84. The molecule has 11 nitrogen and oxygen atoms in total. The smallest absolute Gasteiger partial charge is 0.307 e. The van der Waals surface area contributed by atoms with Crippen molar-refractivity contribution in [3.63, 3.8) is 0 Å². The Morgan fingerprint density at radius 3 is 2.38 bits per heavy atom. The van der Waals surface area contributed by atoms with Crippen molar-refractivity contribution in [1.29, 1.82) is 0 Å². The standard InChI is InChI=1S/C34H33BrN4O7S/c35-25-9-10-27(46-19-11-13-37(16-19)33(43)28-15-36-18-47-28)29-24(25)12-14-38(30(40)22-7-3-4-8-23(22)34(44)45)26(29)17-39-31(41)20-5-1-2-6-21(20)32(39)42/h1-2,5-6,9-10,15,18-19,22-23,26H,3-4,7-8,11-14,16-17H2,(H,44,45)/t19-,22+,23-,26+/m0/s1. The highest BCUT2D eigenvalue weighted by Gasteiger charge is 2.45. The quantitative estimate of drug-likeness (QED) is 0.344. The first-order valence-corrected chi connectivity index (χ1v) is 17.5. The van der Waals surface area contributed by atoms with Crippen LogP contribution >= 0.6 is 27.3 Å². The van der Waals surface area contributed by atoms with Gasteiger partial charge in [-0.1, -0.05) is 40.9 Å². The van der Waals surface area contributed by atoms with Gasteiger partial charge < -0.3 is 19.6 Å². The fraction of sp³-hybridized carbons (Fsp3) is 0.412. The van der Waals surface area contributed by atoms with Crippen LogP contribution in [-0.2, 0) is 16.0 Å². The Balaban J connectivity index is 1.24. The molecule has 47 heavy (non-hydrogen) atoms. The van der Waals surface area contributed by atoms with E-state index >= 15 is 0 Å². The number of carboxylic acid groups (broad SMARTS) is 1. The summed E-state index contributed by atoms with van der Waals surface area (Å²) in [7, 11) is 0. The number of imide groups is 1. The average molecular weight is 722 g/mol. The maximum Gasteiger partial charge on any atom is 0.307 e. The maximum atomic E-state index is 14.4. The second-order valence-corrected chi connectivity index (χ2v) is 14.2. The Hall–Kier alpha value is -4.10. The normalized spacial score (nSPS) is 23.9. The van der Waals surface area contributed by atoms with Crippen LogP contribution in [0.2, 0.25) is 0 Å². The lowest BCUT2D eigenvalue weighted by atomic mass is 9.77. The molecule has 244 valence electrons. The van der Waals surface area contributed by atoms with Gasteiger partial charge in [-0.3, -0.25) is 33.9 Å². The third-order valence-corrected chi connectivity index (χ3v) is 11.4. The van der Waals surface area contributed by atoms with Crippen molar-refractivity contribution in [3.8, 4) is 5.75 Å². The number of carboxylic acids is 1. The minimum atomic E-state index is -0.984. The highest BCUT2D eigenvalue weighted by atomic mass is 79.9. The van der Waals surface area contributed by atoms with E-state index in [-0.39, 0.29) is 24.5 Å². The molecule has 0 unspecified atom stereocenters. The van der Waals surface area contributed by atoms with E-state index in [2.05, 4.69) is 20.9 Å². The van der Waals surface area contributed by atoms with Gasteiger partial charge in [0.15, 0.2) is 0 Å². The molecule has 1 saturated carbocycles. The van der Waals surface area contributed by atoms with E-state index in [1.807, 2.05) is 12.1 Å². The molecule has 4 amide bonds. The van der Waals surface area contributed by atoms with Gasteiger partial charge in [0, 0.05) is 29.5 Å². The van der Waals surface area contributed by atoms with Gasteiger partial charge in [0.05, 0.1) is 53.8 Å². The number of carbonyl (C=O) groups is 5. The predicted octanol–water partition coefficient (Wildman–Crippen LogP) is 4.81. The van der Waals surface area contributed by atoms with Crippen LogP contribution in [-0.4, -0.2) is 86.7 Å². The van der Waals surface area contributed by atoms with Crippen molar-refractivity contribution in [2.45, 2.75) is 50.7 Å². The molecular weight excluding hydrogens is 688 g/mol. The molecule has 0 spiro atoms. The number of fused-ring (bicyclic) bond motifs is 2. The Morgan fingerprint density at radius 1 is 0.979 bits per heavy atom. The van der Waals surface area contributed by atoms with E-state index in [1.54, 1.807) is 45.8 Å². The topological polar surface area (TPSA) is 137 Å². The van der Waals surface area contributed by atoms with Crippen LogP contribution < -0.4 is 4.74 Å². The van der Waals surface area contributed by atoms with Crippen LogP contribution in [0.15, 0.2) is 52.6 Å². The van der Waals surface area contributed by atoms with E-state index in [1.165, 1.54) is 16.2 Å². The number of nitrogens with zero attached hydrogens (tertiary/aromatic N) is 4. The molecular formula is C34H33BrN4O7S. The van der Waals surface area contributed by atoms with Crippen molar-refractivity contribution in [2.24, 2.45) is 11.8 Å². The number of amides is 4. The Morgan fingerprint density at radius 2 is 1.70 bits per heavy atom. The monoisotopic (exact) mass is 720 g/mol. The number of aliphatic carboxylic acids is 1. The molecule has 4 atom stereocenters. The molecule has 1 N–H and O–H groups in total. The van der Waals surface area contributed by atoms with Crippen molar-refractivity contribution >= 4 is 56.9 Å². The summed E-state index contributed by atoms with van der Waals surface area (Å²) in [5.41, 5.74) is 3.84. The van der Waals surface area contributed by atoms with Gasteiger partial charge in [-0.25, -0.2) is 0 Å². The molecule has 1 aromatic heterocycles.